The maximum atomic E-state index is 12.1. The first kappa shape index (κ1) is 20.7. The predicted octanol–water partition coefficient (Wildman–Crippen LogP) is 4.26. The van der Waals surface area contributed by atoms with Crippen molar-refractivity contribution < 1.29 is 19.4 Å². The number of amides is 1. The number of unbranched alkanes of at least 4 members (excludes halogenated alkanes) is 2. The molecule has 1 aromatic rings. The van der Waals surface area contributed by atoms with Crippen molar-refractivity contribution in [1.82, 2.24) is 5.32 Å². The Morgan fingerprint density at radius 1 is 1.21 bits per heavy atom. The number of carbonyl (C=O) groups is 2. The molecule has 1 aliphatic carbocycles. The summed E-state index contributed by atoms with van der Waals surface area (Å²) in [6.07, 6.45) is 7.42. The van der Waals surface area contributed by atoms with Gasteiger partial charge in [-0.05, 0) is 55.7 Å². The third kappa shape index (κ3) is 4.86. The molecule has 1 saturated carbocycles. The quantitative estimate of drug-likeness (QED) is 0.516. The SMILES string of the molecule is CCCCCc1cc(O)c2c(c1)OCC1CCC(NC(=O)CC(=O)CC)CC21. The Morgan fingerprint density at radius 3 is 2.79 bits per heavy atom. The van der Waals surface area contributed by atoms with E-state index >= 15 is 0 Å². The van der Waals surface area contributed by atoms with Gasteiger partial charge in [0.2, 0.25) is 5.91 Å². The molecule has 0 saturated heterocycles. The minimum atomic E-state index is -0.182. The van der Waals surface area contributed by atoms with Gasteiger partial charge in [-0.2, -0.15) is 0 Å². The number of Topliss-reactive ketones (excluding diaryl/α,β-unsaturated/α-hetero) is 1. The van der Waals surface area contributed by atoms with Gasteiger partial charge in [0.1, 0.15) is 17.3 Å². The number of benzene rings is 1. The van der Waals surface area contributed by atoms with Crippen LogP contribution < -0.4 is 10.1 Å². The van der Waals surface area contributed by atoms with Crippen molar-refractivity contribution in [1.29, 1.82) is 0 Å². The van der Waals surface area contributed by atoms with Crippen LogP contribution >= 0.6 is 0 Å². The summed E-state index contributed by atoms with van der Waals surface area (Å²) in [5.74, 6) is 1.48. The van der Waals surface area contributed by atoms with Crippen LogP contribution in [0.3, 0.4) is 0 Å². The van der Waals surface area contributed by atoms with Crippen molar-refractivity contribution >= 4 is 11.7 Å². The lowest BCUT2D eigenvalue weighted by Gasteiger charge is -2.40. The summed E-state index contributed by atoms with van der Waals surface area (Å²) in [5.41, 5.74) is 2.03. The summed E-state index contributed by atoms with van der Waals surface area (Å²) in [6.45, 7) is 4.63. The number of hydrogen-bond acceptors (Lipinski definition) is 4. The molecule has 0 aromatic heterocycles. The lowest BCUT2D eigenvalue weighted by atomic mass is 9.72. The Hall–Kier alpha value is -2.04. The number of aryl methyl sites for hydroxylation is 1. The largest absolute Gasteiger partial charge is 0.508 e. The lowest BCUT2D eigenvalue weighted by molar-refractivity contribution is -0.128. The van der Waals surface area contributed by atoms with E-state index in [2.05, 4.69) is 18.3 Å². The predicted molar refractivity (Wildman–Crippen MR) is 109 cm³/mol. The first-order valence-corrected chi connectivity index (χ1v) is 10.8. The van der Waals surface area contributed by atoms with Gasteiger partial charge < -0.3 is 15.2 Å². The fraction of sp³-hybridized carbons (Fsp3) is 0.652. The molecule has 2 aliphatic rings. The van der Waals surface area contributed by atoms with Crippen molar-refractivity contribution in [2.75, 3.05) is 6.61 Å². The number of hydrogen-bond donors (Lipinski definition) is 2. The highest BCUT2D eigenvalue weighted by atomic mass is 16.5. The van der Waals surface area contributed by atoms with E-state index in [0.29, 0.717) is 24.7 Å². The standard InChI is InChI=1S/C23H33NO4/c1-3-5-6-7-15-10-20(26)23-19-12-17(24-22(27)13-18(25)4-2)9-8-16(19)14-28-21(23)11-15/h10-11,16-17,19,26H,3-9,12-14H2,1-2H3,(H,24,27). The van der Waals surface area contributed by atoms with Crippen LogP contribution in [0.15, 0.2) is 12.1 Å². The molecule has 1 amide bonds. The fourth-order valence-corrected chi connectivity index (χ4v) is 4.58. The monoisotopic (exact) mass is 387 g/mol. The van der Waals surface area contributed by atoms with Gasteiger partial charge in [0.15, 0.2) is 0 Å². The van der Waals surface area contributed by atoms with E-state index < -0.39 is 0 Å². The first-order valence-electron chi connectivity index (χ1n) is 10.8. The minimum absolute atomic E-state index is 0.0316. The van der Waals surface area contributed by atoms with Gasteiger partial charge in [-0.3, -0.25) is 9.59 Å². The second kappa shape index (κ2) is 9.44. The van der Waals surface area contributed by atoms with E-state index in [0.717, 1.165) is 49.0 Å². The number of ketones is 1. The van der Waals surface area contributed by atoms with Gasteiger partial charge in [0.25, 0.3) is 0 Å². The van der Waals surface area contributed by atoms with Crippen LogP contribution in [-0.2, 0) is 16.0 Å². The number of rotatable bonds is 8. The highest BCUT2D eigenvalue weighted by Gasteiger charge is 2.38. The molecule has 1 heterocycles. The van der Waals surface area contributed by atoms with E-state index in [4.69, 9.17) is 4.74 Å². The van der Waals surface area contributed by atoms with Crippen LogP contribution in [0.1, 0.15) is 82.3 Å². The van der Waals surface area contributed by atoms with Crippen molar-refractivity contribution in [3.63, 3.8) is 0 Å². The number of ether oxygens (including phenoxy) is 1. The molecule has 1 fully saturated rings. The summed E-state index contributed by atoms with van der Waals surface area (Å²) < 4.78 is 6.01. The first-order chi connectivity index (χ1) is 13.5. The molecule has 5 heteroatoms. The Kier molecular flexibility index (Phi) is 6.97. The average Bonchev–Trinajstić information content (AvgIpc) is 2.67. The van der Waals surface area contributed by atoms with Crippen LogP contribution in [0.25, 0.3) is 0 Å². The third-order valence-electron chi connectivity index (χ3n) is 6.18. The average molecular weight is 388 g/mol. The highest BCUT2D eigenvalue weighted by molar-refractivity contribution is 5.97. The van der Waals surface area contributed by atoms with Crippen molar-refractivity contribution in [3.05, 3.63) is 23.3 Å². The molecule has 2 N–H and O–H groups in total. The summed E-state index contributed by atoms with van der Waals surface area (Å²) in [5, 5.41) is 13.8. The molecule has 1 aromatic carbocycles. The summed E-state index contributed by atoms with van der Waals surface area (Å²) in [6, 6.07) is 4.03. The molecule has 0 radical (unpaired) electrons. The molecule has 0 spiro atoms. The third-order valence-corrected chi connectivity index (χ3v) is 6.18. The second-order valence-corrected chi connectivity index (χ2v) is 8.31. The molecule has 154 valence electrons. The van der Waals surface area contributed by atoms with Gasteiger partial charge in [0.05, 0.1) is 13.0 Å². The molecule has 3 unspecified atom stereocenters. The van der Waals surface area contributed by atoms with Crippen molar-refractivity contribution in [3.8, 4) is 11.5 Å². The zero-order valence-corrected chi connectivity index (χ0v) is 17.1. The molecule has 5 nitrogen and oxygen atoms in total. The number of aromatic hydroxyl groups is 1. The molecule has 3 atom stereocenters. The van der Waals surface area contributed by atoms with Gasteiger partial charge in [-0.1, -0.05) is 26.7 Å². The van der Waals surface area contributed by atoms with Gasteiger partial charge in [-0.25, -0.2) is 0 Å². The van der Waals surface area contributed by atoms with Crippen molar-refractivity contribution in [2.45, 2.75) is 83.6 Å². The number of fused-ring (bicyclic) bond motifs is 3. The number of phenolic OH excluding ortho intramolecular Hbond substituents is 1. The zero-order chi connectivity index (χ0) is 20.1. The normalized spacial score (nSPS) is 23.3. The van der Waals surface area contributed by atoms with Crippen LogP contribution in [0.2, 0.25) is 0 Å². The number of nitrogens with one attached hydrogen (secondary N) is 1. The van der Waals surface area contributed by atoms with Crippen LogP contribution in [0.4, 0.5) is 0 Å². The highest BCUT2D eigenvalue weighted by Crippen LogP contribution is 2.49. The molecular formula is C23H33NO4. The molecular weight excluding hydrogens is 354 g/mol. The molecule has 28 heavy (non-hydrogen) atoms. The fourth-order valence-electron chi connectivity index (χ4n) is 4.58. The van der Waals surface area contributed by atoms with Gasteiger partial charge in [-0.15, -0.1) is 0 Å². The summed E-state index contributed by atoms with van der Waals surface area (Å²) >= 11 is 0. The van der Waals surface area contributed by atoms with E-state index in [-0.39, 0.29) is 30.1 Å². The maximum absolute atomic E-state index is 12.1. The second-order valence-electron chi connectivity index (χ2n) is 8.31. The van der Waals surface area contributed by atoms with Gasteiger partial charge in [0, 0.05) is 23.9 Å². The van der Waals surface area contributed by atoms with E-state index in [1.165, 1.54) is 12.8 Å². The van der Waals surface area contributed by atoms with Crippen LogP contribution in [-0.4, -0.2) is 29.4 Å². The zero-order valence-electron chi connectivity index (χ0n) is 17.1. The summed E-state index contributed by atoms with van der Waals surface area (Å²) in [4.78, 5) is 23.6. The van der Waals surface area contributed by atoms with E-state index in [9.17, 15) is 14.7 Å². The molecule has 0 bridgehead atoms. The van der Waals surface area contributed by atoms with Crippen molar-refractivity contribution in [2.24, 2.45) is 5.92 Å². The smallest absolute Gasteiger partial charge is 0.227 e. The Labute approximate surface area is 167 Å². The topological polar surface area (TPSA) is 75.6 Å². The van der Waals surface area contributed by atoms with Gasteiger partial charge >= 0.3 is 0 Å². The van der Waals surface area contributed by atoms with Crippen LogP contribution in [0.5, 0.6) is 11.5 Å². The minimum Gasteiger partial charge on any atom is -0.508 e. The maximum Gasteiger partial charge on any atom is 0.227 e. The number of carbonyl (C=O) groups excluding carboxylic acids is 2. The molecule has 3 rings (SSSR count). The van der Waals surface area contributed by atoms with E-state index in [1.54, 1.807) is 6.92 Å². The summed E-state index contributed by atoms with van der Waals surface area (Å²) in [7, 11) is 0. The number of phenols is 1. The Balaban J connectivity index is 1.70. The molecule has 1 aliphatic heterocycles. The Bertz CT molecular complexity index is 715. The van der Waals surface area contributed by atoms with E-state index in [1.807, 2.05) is 6.07 Å². The Morgan fingerprint density at radius 2 is 2.04 bits per heavy atom. The lowest BCUT2D eigenvalue weighted by Crippen LogP contribution is -2.43. The van der Waals surface area contributed by atoms with Crippen LogP contribution in [0, 0.1) is 5.92 Å².